The van der Waals surface area contributed by atoms with Crippen molar-refractivity contribution < 1.29 is 23.1 Å². The monoisotopic (exact) mass is 313 g/mol. The zero-order valence-electron chi connectivity index (χ0n) is 12.5. The number of aliphatic carboxylic acids is 1. The number of ketones is 1. The van der Waals surface area contributed by atoms with Gasteiger partial charge in [0.1, 0.15) is 6.54 Å². The average Bonchev–Trinajstić information content (AvgIpc) is 2.34. The molecule has 0 aliphatic rings. The maximum absolute atomic E-state index is 12.6. The van der Waals surface area contributed by atoms with Crippen molar-refractivity contribution in [1.82, 2.24) is 4.31 Å². The minimum Gasteiger partial charge on any atom is -0.480 e. The van der Waals surface area contributed by atoms with Gasteiger partial charge in [-0.2, -0.15) is 4.31 Å². The van der Waals surface area contributed by atoms with Gasteiger partial charge in [-0.15, -0.1) is 0 Å². The minimum absolute atomic E-state index is 0.0383. The predicted molar refractivity (Wildman–Crippen MR) is 77.7 cm³/mol. The molecular weight excluding hydrogens is 294 g/mol. The standard InChI is InChI=1S/C14H19NO5S/c1-10(16)11-5-7-12(8-6-11)21(19,20)15(9-13(17)18)14(2,3)4/h5-8H,9H2,1-4H3,(H,17,18). The lowest BCUT2D eigenvalue weighted by atomic mass is 10.1. The number of carboxylic acid groups (broad SMARTS) is 1. The van der Waals surface area contributed by atoms with Crippen molar-refractivity contribution in [1.29, 1.82) is 0 Å². The van der Waals surface area contributed by atoms with Gasteiger partial charge in [-0.25, -0.2) is 8.42 Å². The number of carbonyl (C=O) groups is 2. The summed E-state index contributed by atoms with van der Waals surface area (Å²) in [5.41, 5.74) is -0.481. The van der Waals surface area contributed by atoms with Crippen LogP contribution in [0.4, 0.5) is 0 Å². The molecule has 1 rings (SSSR count). The first-order valence-corrected chi connectivity index (χ1v) is 7.76. The number of hydrogen-bond acceptors (Lipinski definition) is 4. The smallest absolute Gasteiger partial charge is 0.318 e. The van der Waals surface area contributed by atoms with Crippen LogP contribution < -0.4 is 0 Å². The van der Waals surface area contributed by atoms with E-state index >= 15 is 0 Å². The summed E-state index contributed by atoms with van der Waals surface area (Å²) in [6.07, 6.45) is 0. The molecule has 0 saturated carbocycles. The van der Waals surface area contributed by atoms with E-state index in [1.54, 1.807) is 20.8 Å². The summed E-state index contributed by atoms with van der Waals surface area (Å²) in [4.78, 5) is 22.1. The Balaban J connectivity index is 3.28. The molecule has 0 heterocycles. The van der Waals surface area contributed by atoms with Gasteiger partial charge in [0.15, 0.2) is 5.78 Å². The molecule has 0 aliphatic carbocycles. The van der Waals surface area contributed by atoms with Gasteiger partial charge in [-0.3, -0.25) is 9.59 Å². The number of rotatable bonds is 5. The van der Waals surface area contributed by atoms with Crippen LogP contribution in [0.5, 0.6) is 0 Å². The number of carboxylic acids is 1. The van der Waals surface area contributed by atoms with Gasteiger partial charge in [0.25, 0.3) is 0 Å². The van der Waals surface area contributed by atoms with Gasteiger partial charge in [0.2, 0.25) is 10.0 Å². The molecule has 0 unspecified atom stereocenters. The number of carbonyl (C=O) groups excluding carboxylic acids is 1. The third-order valence-corrected chi connectivity index (χ3v) is 5.00. The molecule has 0 atom stereocenters. The Hall–Kier alpha value is -1.73. The second kappa shape index (κ2) is 5.95. The summed E-state index contributed by atoms with van der Waals surface area (Å²) in [7, 11) is -3.96. The van der Waals surface area contributed by atoms with Gasteiger partial charge < -0.3 is 5.11 Å². The van der Waals surface area contributed by atoms with E-state index < -0.39 is 28.1 Å². The fourth-order valence-corrected chi connectivity index (χ4v) is 3.53. The Morgan fingerprint density at radius 3 is 1.95 bits per heavy atom. The first-order chi connectivity index (χ1) is 9.46. The molecule has 0 fully saturated rings. The molecule has 116 valence electrons. The lowest BCUT2D eigenvalue weighted by molar-refractivity contribution is -0.138. The van der Waals surface area contributed by atoms with Crippen molar-refractivity contribution in [2.45, 2.75) is 38.1 Å². The van der Waals surface area contributed by atoms with Crippen LogP contribution in [0.2, 0.25) is 0 Å². The van der Waals surface area contributed by atoms with E-state index in [0.29, 0.717) is 5.56 Å². The SMILES string of the molecule is CC(=O)c1ccc(S(=O)(=O)N(CC(=O)O)C(C)(C)C)cc1. The summed E-state index contributed by atoms with van der Waals surface area (Å²) in [6, 6.07) is 5.45. The van der Waals surface area contributed by atoms with Crippen LogP contribution in [0.1, 0.15) is 38.1 Å². The molecule has 0 radical (unpaired) electrons. The van der Waals surface area contributed by atoms with Crippen LogP contribution >= 0.6 is 0 Å². The molecule has 6 nitrogen and oxygen atoms in total. The Bertz CT molecular complexity index is 641. The summed E-state index contributed by atoms with van der Waals surface area (Å²) in [6.45, 7) is 5.63. The van der Waals surface area contributed by atoms with Crippen LogP contribution in [-0.4, -0.2) is 41.7 Å². The molecule has 0 spiro atoms. The maximum atomic E-state index is 12.6. The minimum atomic E-state index is -3.96. The largest absolute Gasteiger partial charge is 0.480 e. The lowest BCUT2D eigenvalue weighted by Gasteiger charge is -2.33. The number of Topliss-reactive ketones (excluding diaryl/α,β-unsaturated/α-hetero) is 1. The summed E-state index contributed by atoms with van der Waals surface area (Å²) >= 11 is 0. The third-order valence-electron chi connectivity index (χ3n) is 2.88. The van der Waals surface area contributed by atoms with Gasteiger partial charge in [-0.05, 0) is 39.8 Å². The van der Waals surface area contributed by atoms with E-state index in [-0.39, 0.29) is 10.7 Å². The highest BCUT2D eigenvalue weighted by molar-refractivity contribution is 7.89. The Labute approximate surface area is 124 Å². The van der Waals surface area contributed by atoms with Crippen molar-refractivity contribution in [3.8, 4) is 0 Å². The van der Waals surface area contributed by atoms with Crippen molar-refractivity contribution in [3.63, 3.8) is 0 Å². The first kappa shape index (κ1) is 17.3. The molecule has 1 N–H and O–H groups in total. The van der Waals surface area contributed by atoms with Crippen LogP contribution in [0.15, 0.2) is 29.2 Å². The number of benzene rings is 1. The zero-order valence-corrected chi connectivity index (χ0v) is 13.3. The van der Waals surface area contributed by atoms with E-state index in [4.69, 9.17) is 5.11 Å². The molecule has 0 saturated heterocycles. The molecule has 0 aliphatic heterocycles. The quantitative estimate of drug-likeness (QED) is 0.836. The Kier molecular flexibility index (Phi) is 4.91. The van der Waals surface area contributed by atoms with E-state index in [2.05, 4.69) is 0 Å². The summed E-state index contributed by atoms with van der Waals surface area (Å²) in [5.74, 6) is -1.40. The number of sulfonamides is 1. The van der Waals surface area contributed by atoms with Gasteiger partial charge in [-0.1, -0.05) is 12.1 Å². The van der Waals surface area contributed by atoms with E-state index in [0.717, 1.165) is 4.31 Å². The molecular formula is C14H19NO5S. The molecule has 1 aromatic carbocycles. The van der Waals surface area contributed by atoms with Crippen molar-refractivity contribution in [2.24, 2.45) is 0 Å². The summed E-state index contributed by atoms with van der Waals surface area (Å²) in [5, 5.41) is 8.92. The second-order valence-electron chi connectivity index (χ2n) is 5.66. The second-order valence-corrected chi connectivity index (χ2v) is 7.52. The number of nitrogens with zero attached hydrogens (tertiary/aromatic N) is 1. The topological polar surface area (TPSA) is 91.8 Å². The highest BCUT2D eigenvalue weighted by Crippen LogP contribution is 2.24. The van der Waals surface area contributed by atoms with Gasteiger partial charge >= 0.3 is 5.97 Å². The number of hydrogen-bond donors (Lipinski definition) is 1. The predicted octanol–water partition coefficient (Wildman–Crippen LogP) is 1.76. The molecule has 21 heavy (non-hydrogen) atoms. The molecule has 1 aromatic rings. The average molecular weight is 313 g/mol. The third kappa shape index (κ3) is 4.12. The Morgan fingerprint density at radius 2 is 1.62 bits per heavy atom. The van der Waals surface area contributed by atoms with Crippen molar-refractivity contribution >= 4 is 21.8 Å². The molecule has 0 aromatic heterocycles. The van der Waals surface area contributed by atoms with E-state index in [1.807, 2.05) is 0 Å². The lowest BCUT2D eigenvalue weighted by Crippen LogP contribution is -2.48. The highest BCUT2D eigenvalue weighted by Gasteiger charge is 2.35. The van der Waals surface area contributed by atoms with Crippen LogP contribution in [0.3, 0.4) is 0 Å². The van der Waals surface area contributed by atoms with Gasteiger partial charge in [0, 0.05) is 11.1 Å². The van der Waals surface area contributed by atoms with Gasteiger partial charge in [0.05, 0.1) is 4.90 Å². The van der Waals surface area contributed by atoms with Crippen molar-refractivity contribution in [2.75, 3.05) is 6.54 Å². The van der Waals surface area contributed by atoms with Crippen LogP contribution in [0.25, 0.3) is 0 Å². The molecule has 0 bridgehead atoms. The normalized spacial score (nSPS) is 12.4. The molecule has 0 amide bonds. The zero-order chi connectivity index (χ0) is 16.4. The summed E-state index contributed by atoms with van der Waals surface area (Å²) < 4.78 is 26.1. The Morgan fingerprint density at radius 1 is 1.14 bits per heavy atom. The highest BCUT2D eigenvalue weighted by atomic mass is 32.2. The van der Waals surface area contributed by atoms with Crippen LogP contribution in [0, 0.1) is 0 Å². The first-order valence-electron chi connectivity index (χ1n) is 6.32. The van der Waals surface area contributed by atoms with E-state index in [9.17, 15) is 18.0 Å². The van der Waals surface area contributed by atoms with Crippen LogP contribution in [-0.2, 0) is 14.8 Å². The van der Waals surface area contributed by atoms with Crippen molar-refractivity contribution in [3.05, 3.63) is 29.8 Å². The fourth-order valence-electron chi connectivity index (χ4n) is 1.79. The molecule has 7 heteroatoms. The maximum Gasteiger partial charge on any atom is 0.318 e. The fraction of sp³-hybridized carbons (Fsp3) is 0.429. The van der Waals surface area contributed by atoms with E-state index in [1.165, 1.54) is 31.2 Å².